The highest BCUT2D eigenvalue weighted by molar-refractivity contribution is 5.66. The van der Waals surface area contributed by atoms with Crippen molar-refractivity contribution in [1.29, 1.82) is 0 Å². The number of aliphatic hydroxyl groups excluding tert-OH is 1. The summed E-state index contributed by atoms with van der Waals surface area (Å²) >= 11 is 0. The second-order valence-corrected chi connectivity index (χ2v) is 10.1. The molecule has 0 aromatic rings. The molecule has 0 amide bonds. The summed E-state index contributed by atoms with van der Waals surface area (Å²) in [5, 5.41) is 10.2. The summed E-state index contributed by atoms with van der Waals surface area (Å²) in [5.41, 5.74) is 0. The van der Waals surface area contributed by atoms with Gasteiger partial charge in [0.15, 0.2) is 0 Å². The van der Waals surface area contributed by atoms with Gasteiger partial charge in [-0.3, -0.25) is 4.79 Å². The van der Waals surface area contributed by atoms with E-state index in [1.165, 1.54) is 103 Å². The Bertz CT molecular complexity index is 432. The summed E-state index contributed by atoms with van der Waals surface area (Å²) < 4.78 is 5.47. The molecular formula is C30H58O3. The van der Waals surface area contributed by atoms with Crippen molar-refractivity contribution in [3.63, 3.8) is 0 Å². The Kier molecular flexibility index (Phi) is 25.1. The van der Waals surface area contributed by atoms with Gasteiger partial charge in [0.2, 0.25) is 0 Å². The van der Waals surface area contributed by atoms with E-state index in [0.717, 1.165) is 44.9 Å². The minimum absolute atomic E-state index is 0.0489. The first-order valence-electron chi connectivity index (χ1n) is 14.6. The zero-order valence-corrected chi connectivity index (χ0v) is 22.6. The lowest BCUT2D eigenvalue weighted by Gasteiger charge is -2.15. The van der Waals surface area contributed by atoms with Crippen LogP contribution in [-0.4, -0.2) is 23.3 Å². The summed E-state index contributed by atoms with van der Waals surface area (Å²) in [6, 6.07) is 0. The Morgan fingerprint density at radius 3 is 1.67 bits per heavy atom. The second kappa shape index (κ2) is 25.8. The second-order valence-electron chi connectivity index (χ2n) is 10.1. The largest absolute Gasteiger partial charge is 0.462 e. The number of rotatable bonds is 25. The van der Waals surface area contributed by atoms with E-state index >= 15 is 0 Å². The molecule has 0 spiro atoms. The predicted molar refractivity (Wildman–Crippen MR) is 144 cm³/mol. The molecule has 0 saturated carbocycles. The lowest BCUT2D eigenvalue weighted by atomic mass is 10.0. The van der Waals surface area contributed by atoms with Crippen LogP contribution < -0.4 is 0 Å². The number of allylic oxidation sites excluding steroid dienone is 1. The van der Waals surface area contributed by atoms with E-state index in [2.05, 4.69) is 26.0 Å². The molecule has 0 radical (unpaired) electrons. The minimum Gasteiger partial charge on any atom is -0.462 e. The molecule has 0 bridgehead atoms. The summed E-state index contributed by atoms with van der Waals surface area (Å²) in [6.45, 7) is 5.99. The molecule has 3 heteroatoms. The number of ether oxygens (including phenoxy) is 1. The smallest absolute Gasteiger partial charge is 0.302 e. The van der Waals surface area contributed by atoms with E-state index < -0.39 is 0 Å². The van der Waals surface area contributed by atoms with Crippen molar-refractivity contribution in [2.24, 2.45) is 0 Å². The lowest BCUT2D eigenvalue weighted by molar-refractivity contribution is -0.146. The fraction of sp³-hybridized carbons (Fsp3) is 0.900. The molecule has 0 aromatic heterocycles. The van der Waals surface area contributed by atoms with Crippen LogP contribution in [0.15, 0.2) is 12.2 Å². The minimum atomic E-state index is -0.160. The molecule has 33 heavy (non-hydrogen) atoms. The molecule has 2 atom stereocenters. The summed E-state index contributed by atoms with van der Waals surface area (Å²) in [6.07, 6.45) is 31.1. The van der Waals surface area contributed by atoms with Crippen molar-refractivity contribution >= 4 is 5.97 Å². The molecular weight excluding hydrogens is 408 g/mol. The summed E-state index contributed by atoms with van der Waals surface area (Å²) in [5.74, 6) is -0.160. The fourth-order valence-corrected chi connectivity index (χ4v) is 4.45. The topological polar surface area (TPSA) is 46.5 Å². The molecule has 1 N–H and O–H groups in total. The number of esters is 1. The van der Waals surface area contributed by atoms with Gasteiger partial charge >= 0.3 is 5.97 Å². The van der Waals surface area contributed by atoms with Gasteiger partial charge in [0.25, 0.3) is 0 Å². The van der Waals surface area contributed by atoms with Gasteiger partial charge in [0.05, 0.1) is 6.10 Å². The molecule has 1 unspecified atom stereocenters. The van der Waals surface area contributed by atoms with Crippen LogP contribution in [0.4, 0.5) is 0 Å². The number of hydrogen-bond donors (Lipinski definition) is 1. The van der Waals surface area contributed by atoms with E-state index in [1.54, 1.807) is 0 Å². The molecule has 0 heterocycles. The molecule has 196 valence electrons. The van der Waals surface area contributed by atoms with Crippen LogP contribution in [-0.2, 0) is 9.53 Å². The molecule has 0 aliphatic carbocycles. The highest BCUT2D eigenvalue weighted by Gasteiger charge is 2.09. The van der Waals surface area contributed by atoms with Crippen molar-refractivity contribution in [2.75, 3.05) is 0 Å². The molecule has 0 rings (SSSR count). The molecule has 0 aliphatic rings. The standard InChI is InChI=1S/C30H58O3/c1-4-6-8-10-11-14-17-20-24-29(32)25-21-18-15-12-13-16-19-23-27-30(33-28(3)31)26-22-9-7-5-2/h19,23,29-30,32H,4-18,20-22,24-27H2,1-3H3/b23-19-/t29?,30-/m1/s1. The Morgan fingerprint density at radius 1 is 0.667 bits per heavy atom. The summed E-state index contributed by atoms with van der Waals surface area (Å²) in [4.78, 5) is 11.3. The van der Waals surface area contributed by atoms with E-state index in [-0.39, 0.29) is 18.2 Å². The molecule has 0 aromatic carbocycles. The third-order valence-corrected chi connectivity index (χ3v) is 6.58. The predicted octanol–water partition coefficient (Wildman–Crippen LogP) is 9.46. The van der Waals surface area contributed by atoms with Gasteiger partial charge in [0.1, 0.15) is 6.10 Å². The molecule has 3 nitrogen and oxygen atoms in total. The van der Waals surface area contributed by atoms with Crippen LogP contribution in [0.2, 0.25) is 0 Å². The van der Waals surface area contributed by atoms with E-state index in [0.29, 0.717) is 0 Å². The molecule has 0 aliphatic heterocycles. The van der Waals surface area contributed by atoms with Gasteiger partial charge in [-0.05, 0) is 38.5 Å². The van der Waals surface area contributed by atoms with Crippen LogP contribution >= 0.6 is 0 Å². The van der Waals surface area contributed by atoms with Crippen LogP contribution in [0.3, 0.4) is 0 Å². The number of unbranched alkanes of at least 4 members (excludes halogenated alkanes) is 15. The zero-order chi connectivity index (χ0) is 24.4. The average Bonchev–Trinajstić information content (AvgIpc) is 2.79. The first kappa shape index (κ1) is 32.2. The Morgan fingerprint density at radius 2 is 1.12 bits per heavy atom. The monoisotopic (exact) mass is 466 g/mol. The van der Waals surface area contributed by atoms with E-state index in [9.17, 15) is 9.90 Å². The zero-order valence-electron chi connectivity index (χ0n) is 22.6. The van der Waals surface area contributed by atoms with Gasteiger partial charge in [-0.15, -0.1) is 0 Å². The van der Waals surface area contributed by atoms with Crippen LogP contribution in [0.5, 0.6) is 0 Å². The van der Waals surface area contributed by atoms with Crippen LogP contribution in [0, 0.1) is 0 Å². The fourth-order valence-electron chi connectivity index (χ4n) is 4.45. The first-order valence-corrected chi connectivity index (χ1v) is 14.6. The Balaban J connectivity index is 3.54. The van der Waals surface area contributed by atoms with Gasteiger partial charge in [-0.2, -0.15) is 0 Å². The van der Waals surface area contributed by atoms with Crippen molar-refractivity contribution in [1.82, 2.24) is 0 Å². The third-order valence-electron chi connectivity index (χ3n) is 6.58. The maximum Gasteiger partial charge on any atom is 0.302 e. The SMILES string of the molecule is CCCCCCCCCCC(O)CCCCCCC/C=C\C[C@@H](CCCCCC)OC(C)=O. The maximum absolute atomic E-state index is 11.3. The molecule has 0 saturated heterocycles. The number of hydrogen-bond acceptors (Lipinski definition) is 3. The highest BCUT2D eigenvalue weighted by atomic mass is 16.5. The number of carbonyl (C=O) groups excluding carboxylic acids is 1. The molecule has 0 fully saturated rings. The van der Waals surface area contributed by atoms with Crippen molar-refractivity contribution in [2.45, 2.75) is 174 Å². The van der Waals surface area contributed by atoms with Gasteiger partial charge < -0.3 is 9.84 Å². The quantitative estimate of drug-likeness (QED) is 0.0827. The van der Waals surface area contributed by atoms with Crippen molar-refractivity contribution < 1.29 is 14.6 Å². The van der Waals surface area contributed by atoms with Crippen molar-refractivity contribution in [3.8, 4) is 0 Å². The summed E-state index contributed by atoms with van der Waals surface area (Å²) in [7, 11) is 0. The van der Waals surface area contributed by atoms with Crippen molar-refractivity contribution in [3.05, 3.63) is 12.2 Å². The van der Waals surface area contributed by atoms with E-state index in [1.807, 2.05) is 0 Å². The van der Waals surface area contributed by atoms with Gasteiger partial charge in [0, 0.05) is 13.3 Å². The maximum atomic E-state index is 11.3. The van der Waals surface area contributed by atoms with E-state index in [4.69, 9.17) is 4.74 Å². The lowest BCUT2D eigenvalue weighted by Crippen LogP contribution is -2.15. The van der Waals surface area contributed by atoms with Gasteiger partial charge in [-0.1, -0.05) is 122 Å². The first-order chi connectivity index (χ1) is 16.1. The Hall–Kier alpha value is -0.830. The highest BCUT2D eigenvalue weighted by Crippen LogP contribution is 2.16. The third kappa shape index (κ3) is 25.6. The Labute approximate surface area is 207 Å². The average molecular weight is 467 g/mol. The number of aliphatic hydroxyl groups is 1. The normalized spacial score (nSPS) is 13.5. The van der Waals surface area contributed by atoms with Crippen LogP contribution in [0.1, 0.15) is 162 Å². The van der Waals surface area contributed by atoms with Crippen LogP contribution in [0.25, 0.3) is 0 Å². The van der Waals surface area contributed by atoms with Gasteiger partial charge in [-0.25, -0.2) is 0 Å². The number of carbonyl (C=O) groups is 1.